The van der Waals surface area contributed by atoms with Crippen molar-refractivity contribution in [3.63, 3.8) is 0 Å². The standard InChI is InChI=1S/C21H32O2S/c1-6-21(5,24-19-13-10-17(3)11-14-19)20(23)15-12-16(2)8-7-9-18(4)22/h8,10-11,13-14,20,23H,6-7,9,12,15H2,1-5H3/b16-8+/t20-,21-/m1/s1. The van der Waals surface area contributed by atoms with Crippen molar-refractivity contribution >= 4 is 17.5 Å². The number of carbonyl (C=O) groups is 1. The first-order valence-corrected chi connectivity index (χ1v) is 9.67. The molecule has 0 aliphatic carbocycles. The summed E-state index contributed by atoms with van der Waals surface area (Å²) in [5.74, 6) is 0.229. The third-order valence-electron chi connectivity index (χ3n) is 4.58. The van der Waals surface area contributed by atoms with Gasteiger partial charge in [-0.05, 0) is 65.5 Å². The predicted octanol–water partition coefficient (Wildman–Crippen LogP) is 5.71. The van der Waals surface area contributed by atoms with Crippen LogP contribution >= 0.6 is 11.8 Å². The Labute approximate surface area is 151 Å². The minimum Gasteiger partial charge on any atom is -0.392 e. The number of benzene rings is 1. The van der Waals surface area contributed by atoms with Crippen LogP contribution in [0.3, 0.4) is 0 Å². The summed E-state index contributed by atoms with van der Waals surface area (Å²) in [5.41, 5.74) is 2.51. The Morgan fingerprint density at radius 1 is 1.25 bits per heavy atom. The second-order valence-electron chi connectivity index (χ2n) is 6.93. The van der Waals surface area contributed by atoms with Crippen molar-refractivity contribution in [2.24, 2.45) is 0 Å². The Hall–Kier alpha value is -1.06. The summed E-state index contributed by atoms with van der Waals surface area (Å²) in [7, 11) is 0. The first-order chi connectivity index (χ1) is 11.3. The molecular weight excluding hydrogens is 316 g/mol. The van der Waals surface area contributed by atoms with Gasteiger partial charge in [0, 0.05) is 16.1 Å². The van der Waals surface area contributed by atoms with Crippen molar-refractivity contribution in [3.05, 3.63) is 41.5 Å². The Balaban J connectivity index is 2.59. The fraction of sp³-hybridized carbons (Fsp3) is 0.571. The van der Waals surface area contributed by atoms with E-state index in [1.165, 1.54) is 16.0 Å². The first kappa shape index (κ1) is 21.0. The molecule has 0 fully saturated rings. The lowest BCUT2D eigenvalue weighted by molar-refractivity contribution is -0.116. The summed E-state index contributed by atoms with van der Waals surface area (Å²) >= 11 is 1.77. The van der Waals surface area contributed by atoms with Crippen LogP contribution < -0.4 is 0 Å². The molecule has 0 amide bonds. The van der Waals surface area contributed by atoms with Gasteiger partial charge in [0.2, 0.25) is 0 Å². The number of aliphatic hydroxyl groups is 1. The van der Waals surface area contributed by atoms with Crippen molar-refractivity contribution in [3.8, 4) is 0 Å². The van der Waals surface area contributed by atoms with E-state index >= 15 is 0 Å². The minimum absolute atomic E-state index is 0.186. The maximum atomic E-state index is 11.0. The maximum absolute atomic E-state index is 11.0. The lowest BCUT2D eigenvalue weighted by Gasteiger charge is -2.33. The second-order valence-corrected chi connectivity index (χ2v) is 8.54. The summed E-state index contributed by atoms with van der Waals surface area (Å²) in [5, 5.41) is 10.7. The molecule has 1 aromatic rings. The molecule has 0 aromatic heterocycles. The average Bonchev–Trinajstić information content (AvgIpc) is 2.54. The van der Waals surface area contributed by atoms with Crippen LogP contribution in [-0.2, 0) is 4.79 Å². The number of ketones is 1. The molecule has 1 N–H and O–H groups in total. The molecule has 0 bridgehead atoms. The lowest BCUT2D eigenvalue weighted by atomic mass is 9.95. The van der Waals surface area contributed by atoms with Crippen molar-refractivity contribution in [1.29, 1.82) is 0 Å². The zero-order valence-corrected chi connectivity index (χ0v) is 16.6. The smallest absolute Gasteiger partial charge is 0.130 e. The van der Waals surface area contributed by atoms with Crippen LogP contribution in [0.15, 0.2) is 40.8 Å². The maximum Gasteiger partial charge on any atom is 0.130 e. The fourth-order valence-corrected chi connectivity index (χ4v) is 3.75. The number of hydrogen-bond donors (Lipinski definition) is 1. The predicted molar refractivity (Wildman–Crippen MR) is 105 cm³/mol. The van der Waals surface area contributed by atoms with E-state index in [1.807, 2.05) is 0 Å². The molecular formula is C21H32O2S. The summed E-state index contributed by atoms with van der Waals surface area (Å²) in [6.07, 6.45) is 5.74. The molecule has 24 heavy (non-hydrogen) atoms. The van der Waals surface area contributed by atoms with Crippen molar-refractivity contribution in [1.82, 2.24) is 0 Å². The quantitative estimate of drug-likeness (QED) is 0.434. The SMILES string of the molecule is CC[C@@](C)(Sc1ccc(C)cc1)[C@H](O)CC/C(C)=C/CCC(C)=O. The normalized spacial score (nSPS) is 15.8. The highest BCUT2D eigenvalue weighted by molar-refractivity contribution is 8.00. The van der Waals surface area contributed by atoms with Crippen LogP contribution in [0.1, 0.15) is 65.4 Å². The average molecular weight is 349 g/mol. The first-order valence-electron chi connectivity index (χ1n) is 8.85. The van der Waals surface area contributed by atoms with Crippen molar-refractivity contribution in [2.45, 2.75) is 82.5 Å². The number of Topliss-reactive ketones (excluding diaryl/α,β-unsaturated/α-hetero) is 1. The van der Waals surface area contributed by atoms with Gasteiger partial charge in [-0.2, -0.15) is 0 Å². The Kier molecular flexibility index (Phi) is 8.79. The van der Waals surface area contributed by atoms with Gasteiger partial charge in [-0.15, -0.1) is 11.8 Å². The topological polar surface area (TPSA) is 37.3 Å². The van der Waals surface area contributed by atoms with Gasteiger partial charge in [-0.3, -0.25) is 0 Å². The molecule has 0 radical (unpaired) electrons. The Morgan fingerprint density at radius 3 is 2.42 bits per heavy atom. The Bertz CT molecular complexity index is 547. The number of rotatable bonds is 10. The summed E-state index contributed by atoms with van der Waals surface area (Å²) in [6.45, 7) is 10.1. The van der Waals surface area contributed by atoms with Gasteiger partial charge >= 0.3 is 0 Å². The van der Waals surface area contributed by atoms with Gasteiger partial charge in [0.05, 0.1) is 6.10 Å². The fourth-order valence-electron chi connectivity index (χ4n) is 2.54. The van der Waals surface area contributed by atoms with Crippen LogP contribution in [0, 0.1) is 6.92 Å². The number of aryl methyl sites for hydroxylation is 1. The number of thioether (sulfide) groups is 1. The van der Waals surface area contributed by atoms with Crippen LogP contribution in [-0.4, -0.2) is 21.7 Å². The van der Waals surface area contributed by atoms with E-state index in [9.17, 15) is 9.90 Å². The second kappa shape index (κ2) is 10.0. The van der Waals surface area contributed by atoms with E-state index in [1.54, 1.807) is 18.7 Å². The van der Waals surface area contributed by atoms with Gasteiger partial charge in [-0.25, -0.2) is 0 Å². The minimum atomic E-state index is -0.357. The number of aliphatic hydroxyl groups excluding tert-OH is 1. The summed E-state index contributed by atoms with van der Waals surface area (Å²) in [6, 6.07) is 8.50. The van der Waals surface area contributed by atoms with Gasteiger partial charge in [-0.1, -0.05) is 36.3 Å². The zero-order chi connectivity index (χ0) is 18.2. The molecule has 0 saturated heterocycles. The molecule has 1 aromatic carbocycles. The van der Waals surface area contributed by atoms with Gasteiger partial charge < -0.3 is 9.90 Å². The molecule has 3 heteroatoms. The summed E-state index contributed by atoms with van der Waals surface area (Å²) in [4.78, 5) is 12.2. The van der Waals surface area contributed by atoms with Crippen LogP contribution in [0.25, 0.3) is 0 Å². The third-order valence-corrected chi connectivity index (χ3v) is 6.12. The largest absolute Gasteiger partial charge is 0.392 e. The highest BCUT2D eigenvalue weighted by atomic mass is 32.2. The molecule has 0 aliphatic rings. The van der Waals surface area contributed by atoms with Crippen molar-refractivity contribution < 1.29 is 9.90 Å². The zero-order valence-electron chi connectivity index (χ0n) is 15.8. The molecule has 134 valence electrons. The molecule has 0 unspecified atom stereocenters. The van der Waals surface area contributed by atoms with E-state index < -0.39 is 0 Å². The van der Waals surface area contributed by atoms with E-state index in [2.05, 4.69) is 58.0 Å². The van der Waals surface area contributed by atoms with Crippen LogP contribution in [0.2, 0.25) is 0 Å². The molecule has 0 heterocycles. The molecule has 0 spiro atoms. The van der Waals surface area contributed by atoms with Gasteiger partial charge in [0.1, 0.15) is 5.78 Å². The third kappa shape index (κ3) is 7.23. The van der Waals surface area contributed by atoms with Gasteiger partial charge in [0.25, 0.3) is 0 Å². The van der Waals surface area contributed by atoms with E-state index in [0.29, 0.717) is 6.42 Å². The molecule has 0 aliphatic heterocycles. The van der Waals surface area contributed by atoms with Crippen LogP contribution in [0.5, 0.6) is 0 Å². The lowest BCUT2D eigenvalue weighted by Crippen LogP contribution is -2.35. The number of hydrogen-bond acceptors (Lipinski definition) is 3. The molecule has 2 atom stereocenters. The highest BCUT2D eigenvalue weighted by Crippen LogP contribution is 2.39. The number of carbonyl (C=O) groups excluding carboxylic acids is 1. The number of allylic oxidation sites excluding steroid dienone is 2. The summed E-state index contributed by atoms with van der Waals surface area (Å²) < 4.78 is -0.186. The molecule has 1 rings (SSSR count). The highest BCUT2D eigenvalue weighted by Gasteiger charge is 2.32. The Morgan fingerprint density at radius 2 is 1.88 bits per heavy atom. The molecule has 0 saturated carbocycles. The monoisotopic (exact) mass is 348 g/mol. The van der Waals surface area contributed by atoms with Gasteiger partial charge in [0.15, 0.2) is 0 Å². The van der Waals surface area contributed by atoms with Crippen molar-refractivity contribution in [2.75, 3.05) is 0 Å². The van der Waals surface area contributed by atoms with E-state index in [0.717, 1.165) is 25.7 Å². The molecule has 2 nitrogen and oxygen atoms in total. The van der Waals surface area contributed by atoms with E-state index in [-0.39, 0.29) is 16.6 Å². The van der Waals surface area contributed by atoms with Crippen LogP contribution in [0.4, 0.5) is 0 Å². The van der Waals surface area contributed by atoms with E-state index in [4.69, 9.17) is 0 Å².